The number of aliphatic imine (C=N–C) groups is 1. The summed E-state index contributed by atoms with van der Waals surface area (Å²) in [5, 5.41) is 3.45. The van der Waals surface area contributed by atoms with E-state index in [1.165, 1.54) is 11.3 Å². The van der Waals surface area contributed by atoms with E-state index in [9.17, 15) is 0 Å². The van der Waals surface area contributed by atoms with Gasteiger partial charge in [0, 0.05) is 25.8 Å². The Balaban J connectivity index is 1.78. The monoisotopic (exact) mass is 369 g/mol. The Morgan fingerprint density at radius 1 is 1.15 bits per heavy atom. The second-order valence-electron chi connectivity index (χ2n) is 6.19. The number of nitrogens with one attached hydrogen (secondary N) is 1. The minimum absolute atomic E-state index is 0.547. The van der Waals surface area contributed by atoms with Crippen LogP contribution in [0.2, 0.25) is 0 Å². The van der Waals surface area contributed by atoms with Gasteiger partial charge in [-0.1, -0.05) is 18.2 Å². The molecule has 0 bridgehead atoms. The average molecular weight is 369 g/mol. The predicted octanol–water partition coefficient (Wildman–Crippen LogP) is 3.24. The lowest BCUT2D eigenvalue weighted by Gasteiger charge is -2.23. The molecule has 2 aromatic rings. The number of para-hydroxylation sites is 1. The lowest BCUT2D eigenvalue weighted by atomic mass is 10.1. The van der Waals surface area contributed by atoms with Crippen molar-refractivity contribution in [3.63, 3.8) is 0 Å². The molecule has 0 aliphatic carbocycles. The van der Waals surface area contributed by atoms with Crippen molar-refractivity contribution in [3.8, 4) is 17.2 Å². The highest BCUT2D eigenvalue weighted by Gasteiger charge is 2.22. The molecule has 1 aliphatic heterocycles. The van der Waals surface area contributed by atoms with Crippen LogP contribution in [0, 0.1) is 0 Å². The normalized spacial score (nSPS) is 13.3. The zero-order valence-electron chi connectivity index (χ0n) is 16.4. The van der Waals surface area contributed by atoms with E-state index >= 15 is 0 Å². The van der Waals surface area contributed by atoms with Crippen molar-refractivity contribution in [2.75, 3.05) is 39.3 Å². The minimum atomic E-state index is 0.547. The molecule has 3 rings (SSSR count). The van der Waals surface area contributed by atoms with Crippen molar-refractivity contribution in [1.29, 1.82) is 0 Å². The largest absolute Gasteiger partial charge is 0.493 e. The second-order valence-corrected chi connectivity index (χ2v) is 6.19. The summed E-state index contributed by atoms with van der Waals surface area (Å²) >= 11 is 0. The quantitative estimate of drug-likeness (QED) is 0.626. The summed E-state index contributed by atoms with van der Waals surface area (Å²) in [6.07, 6.45) is 1.03. The fourth-order valence-electron chi connectivity index (χ4n) is 3.36. The first-order chi connectivity index (χ1) is 13.2. The number of benzene rings is 2. The summed E-state index contributed by atoms with van der Waals surface area (Å²) in [5.41, 5.74) is 3.60. The van der Waals surface area contributed by atoms with E-state index in [1.54, 1.807) is 14.2 Å². The zero-order chi connectivity index (χ0) is 19.2. The second kappa shape index (κ2) is 8.66. The van der Waals surface area contributed by atoms with Crippen LogP contribution >= 0.6 is 0 Å². The third-order valence-corrected chi connectivity index (χ3v) is 4.61. The number of nitrogens with zero attached hydrogens (tertiary/aromatic N) is 2. The molecule has 144 valence electrons. The van der Waals surface area contributed by atoms with Crippen LogP contribution in [0.1, 0.15) is 18.1 Å². The highest BCUT2D eigenvalue weighted by Crippen LogP contribution is 2.38. The van der Waals surface area contributed by atoms with E-state index < -0.39 is 0 Å². The Bertz CT molecular complexity index is 795. The standard InChI is InChI=1S/C21H27N3O3/c1-5-27-20-18(25-3)12-15(13-19(20)26-4)14-23-21(22-2)24-11-10-16-8-6-7-9-17(16)24/h6-9,12-13H,5,10-11,14H2,1-4H3,(H,22,23). The van der Waals surface area contributed by atoms with Crippen LogP contribution in [0.4, 0.5) is 5.69 Å². The van der Waals surface area contributed by atoms with Crippen molar-refractivity contribution >= 4 is 11.6 Å². The van der Waals surface area contributed by atoms with Gasteiger partial charge in [-0.15, -0.1) is 0 Å². The van der Waals surface area contributed by atoms with Crippen LogP contribution in [0.15, 0.2) is 41.4 Å². The van der Waals surface area contributed by atoms with Gasteiger partial charge in [-0.2, -0.15) is 0 Å². The maximum atomic E-state index is 5.67. The highest BCUT2D eigenvalue weighted by molar-refractivity contribution is 5.97. The fourth-order valence-corrected chi connectivity index (χ4v) is 3.36. The summed E-state index contributed by atoms with van der Waals surface area (Å²) in [4.78, 5) is 6.68. The van der Waals surface area contributed by atoms with Crippen LogP contribution in [0.25, 0.3) is 0 Å². The smallest absolute Gasteiger partial charge is 0.203 e. The Morgan fingerprint density at radius 2 is 1.85 bits per heavy atom. The van der Waals surface area contributed by atoms with E-state index in [1.807, 2.05) is 26.1 Å². The van der Waals surface area contributed by atoms with Gasteiger partial charge in [0.2, 0.25) is 5.75 Å². The molecule has 0 atom stereocenters. The van der Waals surface area contributed by atoms with E-state index in [4.69, 9.17) is 14.2 Å². The molecule has 1 N–H and O–H groups in total. The van der Waals surface area contributed by atoms with Crippen molar-refractivity contribution in [1.82, 2.24) is 5.32 Å². The minimum Gasteiger partial charge on any atom is -0.493 e. The number of guanidine groups is 1. The molecule has 1 heterocycles. The highest BCUT2D eigenvalue weighted by atomic mass is 16.5. The van der Waals surface area contributed by atoms with Gasteiger partial charge in [-0.3, -0.25) is 4.99 Å². The number of rotatable bonds is 6. The number of anilines is 1. The maximum Gasteiger partial charge on any atom is 0.203 e. The van der Waals surface area contributed by atoms with E-state index in [0.717, 1.165) is 24.5 Å². The summed E-state index contributed by atoms with van der Waals surface area (Å²) < 4.78 is 16.6. The summed E-state index contributed by atoms with van der Waals surface area (Å²) in [7, 11) is 5.08. The molecule has 0 fully saturated rings. The first-order valence-electron chi connectivity index (χ1n) is 9.15. The zero-order valence-corrected chi connectivity index (χ0v) is 16.4. The van der Waals surface area contributed by atoms with Crippen molar-refractivity contribution in [2.45, 2.75) is 19.9 Å². The molecule has 27 heavy (non-hydrogen) atoms. The predicted molar refractivity (Wildman–Crippen MR) is 108 cm³/mol. The molecular weight excluding hydrogens is 342 g/mol. The molecule has 2 aromatic carbocycles. The van der Waals surface area contributed by atoms with Gasteiger partial charge in [-0.25, -0.2) is 0 Å². The molecule has 0 unspecified atom stereocenters. The molecule has 0 spiro atoms. The van der Waals surface area contributed by atoms with Crippen molar-refractivity contribution < 1.29 is 14.2 Å². The molecule has 0 aromatic heterocycles. The number of methoxy groups -OCH3 is 2. The Morgan fingerprint density at radius 3 is 2.48 bits per heavy atom. The maximum absolute atomic E-state index is 5.67. The lowest BCUT2D eigenvalue weighted by Crippen LogP contribution is -2.40. The molecule has 6 nitrogen and oxygen atoms in total. The Hall–Kier alpha value is -2.89. The van der Waals surface area contributed by atoms with Gasteiger partial charge in [-0.05, 0) is 42.7 Å². The van der Waals surface area contributed by atoms with Gasteiger partial charge < -0.3 is 24.4 Å². The molecule has 0 amide bonds. The fraction of sp³-hybridized carbons (Fsp3) is 0.381. The molecule has 1 aliphatic rings. The topological polar surface area (TPSA) is 55.3 Å². The van der Waals surface area contributed by atoms with Crippen LogP contribution < -0.4 is 24.4 Å². The van der Waals surface area contributed by atoms with Crippen LogP contribution in [0.5, 0.6) is 17.2 Å². The number of fused-ring (bicyclic) bond motifs is 1. The van der Waals surface area contributed by atoms with E-state index in [-0.39, 0.29) is 0 Å². The SMILES string of the molecule is CCOc1c(OC)cc(CNC(=NC)N2CCc3ccccc32)cc1OC. The third-order valence-electron chi connectivity index (χ3n) is 4.61. The Labute approximate surface area is 160 Å². The molecule has 0 saturated carbocycles. The summed E-state index contributed by atoms with van der Waals surface area (Å²) in [5.74, 6) is 2.81. The van der Waals surface area contributed by atoms with Crippen LogP contribution in [-0.4, -0.2) is 40.4 Å². The third kappa shape index (κ3) is 3.94. The van der Waals surface area contributed by atoms with Gasteiger partial charge >= 0.3 is 0 Å². The van der Waals surface area contributed by atoms with E-state index in [2.05, 4.69) is 39.5 Å². The van der Waals surface area contributed by atoms with Crippen LogP contribution in [0.3, 0.4) is 0 Å². The lowest BCUT2D eigenvalue weighted by molar-refractivity contribution is 0.288. The number of ether oxygens (including phenoxy) is 3. The Kier molecular flexibility index (Phi) is 6.06. The summed E-state index contributed by atoms with van der Waals surface area (Å²) in [6.45, 7) is 4.01. The molecule has 0 saturated heterocycles. The molecule has 6 heteroatoms. The van der Waals surface area contributed by atoms with Crippen molar-refractivity contribution in [3.05, 3.63) is 47.5 Å². The first-order valence-corrected chi connectivity index (χ1v) is 9.15. The average Bonchev–Trinajstić information content (AvgIpc) is 3.13. The van der Waals surface area contributed by atoms with Gasteiger partial charge in [0.25, 0.3) is 0 Å². The molecular formula is C21H27N3O3. The first kappa shape index (κ1) is 18.9. The van der Waals surface area contributed by atoms with Gasteiger partial charge in [0.05, 0.1) is 20.8 Å². The van der Waals surface area contributed by atoms with Crippen LogP contribution in [-0.2, 0) is 13.0 Å². The number of hydrogen-bond acceptors (Lipinski definition) is 4. The summed E-state index contributed by atoms with van der Waals surface area (Å²) in [6, 6.07) is 12.4. The molecule has 0 radical (unpaired) electrons. The van der Waals surface area contributed by atoms with Crippen molar-refractivity contribution in [2.24, 2.45) is 4.99 Å². The van der Waals surface area contributed by atoms with Gasteiger partial charge in [0.15, 0.2) is 17.5 Å². The number of hydrogen-bond donors (Lipinski definition) is 1. The van der Waals surface area contributed by atoms with E-state index in [0.29, 0.717) is 30.4 Å². The van der Waals surface area contributed by atoms with Gasteiger partial charge in [0.1, 0.15) is 0 Å².